The first kappa shape index (κ1) is 15.3. The fourth-order valence-corrected chi connectivity index (χ4v) is 2.06. The highest BCUT2D eigenvalue weighted by atomic mass is 35.5. The Morgan fingerprint density at radius 2 is 2.06 bits per heavy atom. The molecule has 5 heteroatoms. The molecular formula is C13H18Cl2N2O. The number of amides is 1. The van der Waals surface area contributed by atoms with Crippen LogP contribution >= 0.6 is 23.2 Å². The normalized spacial score (nSPS) is 10.4. The molecular weight excluding hydrogens is 271 g/mol. The molecule has 1 rings (SSSR count). The molecule has 0 radical (unpaired) electrons. The standard InChI is InChI=1S/C13H18Cl2N2O/c14-11-5-3-10(12(15)9-11)4-6-13(18)17-8-2-1-7-16/h3,5,9H,1-2,4,6-8,16H2,(H,17,18). The minimum absolute atomic E-state index is 0.0399. The quantitative estimate of drug-likeness (QED) is 0.758. The number of benzene rings is 1. The molecule has 0 saturated carbocycles. The van der Waals surface area contributed by atoms with Gasteiger partial charge in [-0.2, -0.15) is 0 Å². The predicted octanol–water partition coefficient (Wildman–Crippen LogP) is 2.78. The lowest BCUT2D eigenvalue weighted by Gasteiger charge is -2.06. The third-order valence-corrected chi connectivity index (χ3v) is 3.18. The number of carbonyl (C=O) groups excluding carboxylic acids is 1. The minimum atomic E-state index is 0.0399. The van der Waals surface area contributed by atoms with E-state index < -0.39 is 0 Å². The van der Waals surface area contributed by atoms with E-state index >= 15 is 0 Å². The van der Waals surface area contributed by atoms with E-state index in [4.69, 9.17) is 28.9 Å². The molecule has 0 aliphatic heterocycles. The summed E-state index contributed by atoms with van der Waals surface area (Å²) in [4.78, 5) is 11.5. The summed E-state index contributed by atoms with van der Waals surface area (Å²) >= 11 is 11.8. The van der Waals surface area contributed by atoms with E-state index in [2.05, 4.69) is 5.32 Å². The zero-order chi connectivity index (χ0) is 13.4. The van der Waals surface area contributed by atoms with Gasteiger partial charge in [-0.05, 0) is 43.5 Å². The second-order valence-electron chi connectivity index (χ2n) is 4.08. The van der Waals surface area contributed by atoms with Crippen molar-refractivity contribution >= 4 is 29.1 Å². The molecule has 0 heterocycles. The first-order chi connectivity index (χ1) is 8.63. The first-order valence-electron chi connectivity index (χ1n) is 6.04. The Kier molecular flexibility index (Phi) is 7.09. The molecule has 0 spiro atoms. The van der Waals surface area contributed by atoms with Crippen molar-refractivity contribution in [2.45, 2.75) is 25.7 Å². The van der Waals surface area contributed by atoms with Gasteiger partial charge in [0, 0.05) is 23.0 Å². The summed E-state index contributed by atoms with van der Waals surface area (Å²) in [5, 5.41) is 4.07. The molecule has 0 fully saturated rings. The van der Waals surface area contributed by atoms with Crippen molar-refractivity contribution in [2.24, 2.45) is 5.73 Å². The summed E-state index contributed by atoms with van der Waals surface area (Å²) in [6.45, 7) is 1.35. The summed E-state index contributed by atoms with van der Waals surface area (Å²) in [5.74, 6) is 0.0399. The number of hydrogen-bond acceptors (Lipinski definition) is 2. The lowest BCUT2D eigenvalue weighted by atomic mass is 10.1. The predicted molar refractivity (Wildman–Crippen MR) is 76.1 cm³/mol. The molecule has 0 bridgehead atoms. The van der Waals surface area contributed by atoms with E-state index in [1.807, 2.05) is 6.07 Å². The van der Waals surface area contributed by atoms with Gasteiger partial charge < -0.3 is 11.1 Å². The molecule has 18 heavy (non-hydrogen) atoms. The van der Waals surface area contributed by atoms with Crippen LogP contribution in [0.15, 0.2) is 18.2 Å². The molecule has 1 amide bonds. The lowest BCUT2D eigenvalue weighted by Crippen LogP contribution is -2.25. The maximum absolute atomic E-state index is 11.5. The average molecular weight is 289 g/mol. The molecule has 0 atom stereocenters. The van der Waals surface area contributed by atoms with Crippen LogP contribution in [0.4, 0.5) is 0 Å². The topological polar surface area (TPSA) is 55.1 Å². The van der Waals surface area contributed by atoms with Gasteiger partial charge in [0.2, 0.25) is 5.91 Å². The Bertz CT molecular complexity index is 397. The number of hydrogen-bond donors (Lipinski definition) is 2. The van der Waals surface area contributed by atoms with E-state index in [1.54, 1.807) is 12.1 Å². The Labute approximate surface area is 118 Å². The first-order valence-corrected chi connectivity index (χ1v) is 6.79. The minimum Gasteiger partial charge on any atom is -0.356 e. The molecule has 1 aromatic rings. The molecule has 0 unspecified atom stereocenters. The average Bonchev–Trinajstić information content (AvgIpc) is 2.33. The van der Waals surface area contributed by atoms with Gasteiger partial charge in [0.05, 0.1) is 0 Å². The molecule has 1 aromatic carbocycles. The number of aryl methyl sites for hydroxylation is 1. The summed E-state index contributed by atoms with van der Waals surface area (Å²) in [6.07, 6.45) is 2.91. The SMILES string of the molecule is NCCCCNC(=O)CCc1ccc(Cl)cc1Cl. The lowest BCUT2D eigenvalue weighted by molar-refractivity contribution is -0.121. The van der Waals surface area contributed by atoms with Crippen LogP contribution in [0.25, 0.3) is 0 Å². The van der Waals surface area contributed by atoms with E-state index in [0.29, 0.717) is 36.0 Å². The summed E-state index contributed by atoms with van der Waals surface area (Å²) in [7, 11) is 0. The number of rotatable bonds is 7. The van der Waals surface area contributed by atoms with Crippen LogP contribution in [0.5, 0.6) is 0 Å². The number of nitrogens with two attached hydrogens (primary N) is 1. The second kappa shape index (κ2) is 8.35. The van der Waals surface area contributed by atoms with Gasteiger partial charge in [-0.1, -0.05) is 29.3 Å². The molecule has 0 saturated heterocycles. The Morgan fingerprint density at radius 3 is 2.72 bits per heavy atom. The fraction of sp³-hybridized carbons (Fsp3) is 0.462. The van der Waals surface area contributed by atoms with E-state index in [1.165, 1.54) is 0 Å². The van der Waals surface area contributed by atoms with Gasteiger partial charge in [-0.3, -0.25) is 4.79 Å². The van der Waals surface area contributed by atoms with Crippen LogP contribution in [-0.4, -0.2) is 19.0 Å². The van der Waals surface area contributed by atoms with E-state index in [0.717, 1.165) is 18.4 Å². The highest BCUT2D eigenvalue weighted by molar-refractivity contribution is 6.35. The zero-order valence-corrected chi connectivity index (χ0v) is 11.7. The van der Waals surface area contributed by atoms with Crippen molar-refractivity contribution in [3.8, 4) is 0 Å². The largest absolute Gasteiger partial charge is 0.356 e. The van der Waals surface area contributed by atoms with Gasteiger partial charge in [-0.15, -0.1) is 0 Å². The number of carbonyl (C=O) groups is 1. The molecule has 0 aliphatic carbocycles. The Morgan fingerprint density at radius 1 is 1.28 bits per heavy atom. The Balaban J connectivity index is 2.29. The van der Waals surface area contributed by atoms with Crippen molar-refractivity contribution in [1.29, 1.82) is 0 Å². The van der Waals surface area contributed by atoms with Crippen molar-refractivity contribution in [2.75, 3.05) is 13.1 Å². The van der Waals surface area contributed by atoms with Crippen LogP contribution < -0.4 is 11.1 Å². The van der Waals surface area contributed by atoms with Crippen LogP contribution in [0, 0.1) is 0 Å². The van der Waals surface area contributed by atoms with Gasteiger partial charge in [0.1, 0.15) is 0 Å². The van der Waals surface area contributed by atoms with Crippen LogP contribution in [0.2, 0.25) is 10.0 Å². The van der Waals surface area contributed by atoms with Crippen molar-refractivity contribution in [3.63, 3.8) is 0 Å². The molecule has 0 aromatic heterocycles. The van der Waals surface area contributed by atoms with E-state index in [9.17, 15) is 4.79 Å². The monoisotopic (exact) mass is 288 g/mol. The highest BCUT2D eigenvalue weighted by Crippen LogP contribution is 2.21. The van der Waals surface area contributed by atoms with Gasteiger partial charge in [0.15, 0.2) is 0 Å². The van der Waals surface area contributed by atoms with Gasteiger partial charge in [0.25, 0.3) is 0 Å². The maximum Gasteiger partial charge on any atom is 0.220 e. The number of halogens is 2. The van der Waals surface area contributed by atoms with Crippen molar-refractivity contribution in [1.82, 2.24) is 5.32 Å². The summed E-state index contributed by atoms with van der Waals surface area (Å²) < 4.78 is 0. The van der Waals surface area contributed by atoms with Gasteiger partial charge >= 0.3 is 0 Å². The summed E-state index contributed by atoms with van der Waals surface area (Å²) in [5.41, 5.74) is 6.31. The third kappa shape index (κ3) is 5.71. The molecule has 100 valence electrons. The fourth-order valence-electron chi connectivity index (χ4n) is 1.56. The maximum atomic E-state index is 11.5. The van der Waals surface area contributed by atoms with Crippen LogP contribution in [-0.2, 0) is 11.2 Å². The second-order valence-corrected chi connectivity index (χ2v) is 4.93. The third-order valence-electron chi connectivity index (χ3n) is 2.59. The van der Waals surface area contributed by atoms with Crippen LogP contribution in [0.3, 0.4) is 0 Å². The smallest absolute Gasteiger partial charge is 0.220 e. The Hall–Kier alpha value is -0.770. The van der Waals surface area contributed by atoms with Crippen molar-refractivity contribution < 1.29 is 4.79 Å². The zero-order valence-electron chi connectivity index (χ0n) is 10.2. The van der Waals surface area contributed by atoms with Crippen LogP contribution in [0.1, 0.15) is 24.8 Å². The van der Waals surface area contributed by atoms with E-state index in [-0.39, 0.29) is 5.91 Å². The van der Waals surface area contributed by atoms with Gasteiger partial charge in [-0.25, -0.2) is 0 Å². The van der Waals surface area contributed by atoms with Crippen molar-refractivity contribution in [3.05, 3.63) is 33.8 Å². The molecule has 0 aliphatic rings. The number of unbranched alkanes of at least 4 members (excludes halogenated alkanes) is 1. The molecule has 3 N–H and O–H groups in total. The number of nitrogens with one attached hydrogen (secondary N) is 1. The highest BCUT2D eigenvalue weighted by Gasteiger charge is 2.05. The summed E-state index contributed by atoms with van der Waals surface area (Å²) in [6, 6.07) is 5.33. The molecule has 3 nitrogen and oxygen atoms in total.